The van der Waals surface area contributed by atoms with Gasteiger partial charge in [0.15, 0.2) is 0 Å². The van der Waals surface area contributed by atoms with E-state index in [0.717, 1.165) is 0 Å². The van der Waals surface area contributed by atoms with Crippen molar-refractivity contribution in [3.8, 4) is 0 Å². The van der Waals surface area contributed by atoms with E-state index < -0.39 is 23.0 Å². The Morgan fingerprint density at radius 1 is 1.40 bits per heavy atom. The minimum absolute atomic E-state index is 0.0727. The van der Waals surface area contributed by atoms with E-state index >= 15 is 0 Å². The number of carbonyl (C=O) groups excluding carboxylic acids is 1. The Morgan fingerprint density at radius 3 is 2.45 bits per heavy atom. The molecule has 2 aliphatic heterocycles. The Balaban J connectivity index is 2.15. The van der Waals surface area contributed by atoms with Crippen LogP contribution in [0, 0.1) is 0 Å². The second kappa shape index (κ2) is 4.58. The van der Waals surface area contributed by atoms with Crippen molar-refractivity contribution in [2.75, 3.05) is 13.2 Å². The molecule has 0 bridgehead atoms. The molecule has 0 unspecified atom stereocenters. The van der Waals surface area contributed by atoms with Crippen LogP contribution in [0.4, 0.5) is 4.79 Å². The molecule has 1 N–H and O–H groups in total. The van der Waals surface area contributed by atoms with E-state index in [0.29, 0.717) is 6.61 Å². The van der Waals surface area contributed by atoms with Gasteiger partial charge in [-0.25, -0.2) is 4.79 Å². The van der Waals surface area contributed by atoms with Crippen LogP contribution >= 0.6 is 0 Å². The summed E-state index contributed by atoms with van der Waals surface area (Å²) < 4.78 is 16.7. The molecule has 0 saturated carbocycles. The van der Waals surface area contributed by atoms with E-state index in [1.807, 2.05) is 41.5 Å². The van der Waals surface area contributed by atoms with Crippen molar-refractivity contribution >= 4 is 6.09 Å². The van der Waals surface area contributed by atoms with Crippen molar-refractivity contribution in [3.05, 3.63) is 0 Å². The fraction of sp³-hybridized carbons (Fsp3) is 0.929. The lowest BCUT2D eigenvalue weighted by atomic mass is 10.0. The zero-order valence-electron chi connectivity index (χ0n) is 13.1. The first-order chi connectivity index (χ1) is 9.00. The Labute approximate surface area is 120 Å². The predicted molar refractivity (Wildman–Crippen MR) is 72.3 cm³/mol. The van der Waals surface area contributed by atoms with Crippen LogP contribution in [0.15, 0.2) is 0 Å². The normalized spacial score (nSPS) is 36.0. The van der Waals surface area contributed by atoms with Gasteiger partial charge in [0.1, 0.15) is 23.0 Å². The molecule has 6 nitrogen and oxygen atoms in total. The maximum Gasteiger partial charge on any atom is 0.412 e. The number of aliphatic hydroxyl groups is 1. The van der Waals surface area contributed by atoms with Crippen LogP contribution in [0.5, 0.6) is 0 Å². The molecule has 0 aromatic carbocycles. The Kier molecular flexibility index (Phi) is 3.56. The smallest absolute Gasteiger partial charge is 0.412 e. The lowest BCUT2D eigenvalue weighted by molar-refractivity contribution is -0.0632. The van der Waals surface area contributed by atoms with Crippen molar-refractivity contribution in [2.45, 2.75) is 70.6 Å². The average molecular weight is 287 g/mol. The molecule has 2 saturated heterocycles. The molecule has 0 aliphatic carbocycles. The zero-order valence-corrected chi connectivity index (χ0v) is 13.1. The van der Waals surface area contributed by atoms with E-state index in [1.165, 1.54) is 0 Å². The van der Waals surface area contributed by atoms with Gasteiger partial charge in [0.25, 0.3) is 0 Å². The number of amides is 1. The second-order valence-electron chi connectivity index (χ2n) is 7.18. The topological polar surface area (TPSA) is 71.5 Å². The summed E-state index contributed by atoms with van der Waals surface area (Å²) in [5, 5.41) is 9.34. The van der Waals surface area contributed by atoms with Gasteiger partial charge in [-0.3, -0.25) is 4.90 Å². The monoisotopic (exact) mass is 287 g/mol. The van der Waals surface area contributed by atoms with Gasteiger partial charge in [-0.1, -0.05) is 0 Å². The van der Waals surface area contributed by atoms with Crippen LogP contribution in [0.1, 0.15) is 41.5 Å². The molecule has 2 rings (SSSR count). The van der Waals surface area contributed by atoms with Gasteiger partial charge in [0.05, 0.1) is 19.3 Å². The molecule has 2 aliphatic rings. The van der Waals surface area contributed by atoms with Crippen molar-refractivity contribution in [1.82, 2.24) is 4.90 Å². The van der Waals surface area contributed by atoms with E-state index in [1.54, 1.807) is 4.90 Å². The average Bonchev–Trinajstić information content (AvgIpc) is 2.83. The Bertz CT molecular complexity index is 403. The largest absolute Gasteiger partial charge is 0.444 e. The number of rotatable bonds is 2. The minimum atomic E-state index is -0.741. The summed E-state index contributed by atoms with van der Waals surface area (Å²) in [5.41, 5.74) is -1.89. The van der Waals surface area contributed by atoms with Crippen LogP contribution in [-0.4, -0.2) is 58.4 Å². The van der Waals surface area contributed by atoms with E-state index in [9.17, 15) is 9.90 Å². The fourth-order valence-electron chi connectivity index (χ4n) is 2.59. The van der Waals surface area contributed by atoms with Gasteiger partial charge in [-0.05, 0) is 41.5 Å². The van der Waals surface area contributed by atoms with E-state index in [4.69, 9.17) is 14.2 Å². The molecule has 0 radical (unpaired) electrons. The van der Waals surface area contributed by atoms with Crippen LogP contribution in [0.3, 0.4) is 0 Å². The number of epoxide rings is 1. The summed E-state index contributed by atoms with van der Waals surface area (Å²) in [6, 6.07) is -0.239. The predicted octanol–water partition coefficient (Wildman–Crippen LogP) is 1.51. The summed E-state index contributed by atoms with van der Waals surface area (Å²) >= 11 is 0. The van der Waals surface area contributed by atoms with Gasteiger partial charge >= 0.3 is 6.09 Å². The van der Waals surface area contributed by atoms with Crippen LogP contribution in [0.25, 0.3) is 0 Å². The van der Waals surface area contributed by atoms with Gasteiger partial charge in [0.2, 0.25) is 0 Å². The van der Waals surface area contributed by atoms with E-state index in [-0.39, 0.29) is 18.8 Å². The Morgan fingerprint density at radius 2 is 2.00 bits per heavy atom. The number of hydrogen-bond donors (Lipinski definition) is 1. The third-order valence-corrected chi connectivity index (χ3v) is 3.71. The number of ether oxygens (including phenoxy) is 3. The highest BCUT2D eigenvalue weighted by molar-refractivity contribution is 5.70. The fourth-order valence-corrected chi connectivity index (χ4v) is 2.59. The Hall–Kier alpha value is -0.850. The number of aliphatic hydroxyl groups excluding tert-OH is 1. The molecule has 0 spiro atoms. The van der Waals surface area contributed by atoms with Crippen molar-refractivity contribution in [3.63, 3.8) is 0 Å². The molecule has 1 amide bonds. The summed E-state index contributed by atoms with van der Waals surface area (Å²) in [4.78, 5) is 14.0. The van der Waals surface area contributed by atoms with Crippen LogP contribution < -0.4 is 0 Å². The highest BCUT2D eigenvalue weighted by Crippen LogP contribution is 2.44. The summed E-state index contributed by atoms with van der Waals surface area (Å²) in [7, 11) is 0. The SMILES string of the molecule is CC(C)(C)OC(=O)N1[C@@H]([C@@H]2O[C@]2(C)CO)COC1(C)C. The zero-order chi connectivity index (χ0) is 15.3. The minimum Gasteiger partial charge on any atom is -0.444 e. The molecule has 6 heteroatoms. The molecule has 2 heterocycles. The maximum atomic E-state index is 12.4. The molecule has 3 atom stereocenters. The third kappa shape index (κ3) is 2.77. The summed E-state index contributed by atoms with van der Waals surface area (Å²) in [5.74, 6) is 0. The highest BCUT2D eigenvalue weighted by Gasteiger charge is 2.62. The van der Waals surface area contributed by atoms with Gasteiger partial charge in [-0.15, -0.1) is 0 Å². The first-order valence-electron chi connectivity index (χ1n) is 6.95. The molecular weight excluding hydrogens is 262 g/mol. The van der Waals surface area contributed by atoms with Crippen LogP contribution in [0.2, 0.25) is 0 Å². The standard InChI is InChI=1S/C14H25NO5/c1-12(2,3)20-11(17)15-9(7-18-13(15,4)5)10-14(6,8-16)19-10/h9-10,16H,7-8H2,1-6H3/t9-,10+,14-/m1/s1. The molecule has 20 heavy (non-hydrogen) atoms. The molecule has 116 valence electrons. The highest BCUT2D eigenvalue weighted by atomic mass is 16.6. The molecule has 0 aromatic heterocycles. The van der Waals surface area contributed by atoms with Gasteiger partial charge < -0.3 is 19.3 Å². The van der Waals surface area contributed by atoms with Crippen LogP contribution in [-0.2, 0) is 14.2 Å². The van der Waals surface area contributed by atoms with E-state index in [2.05, 4.69) is 0 Å². The van der Waals surface area contributed by atoms with Crippen molar-refractivity contribution < 1.29 is 24.1 Å². The van der Waals surface area contributed by atoms with Crippen molar-refractivity contribution in [2.24, 2.45) is 0 Å². The second-order valence-corrected chi connectivity index (χ2v) is 7.18. The third-order valence-electron chi connectivity index (χ3n) is 3.71. The quantitative estimate of drug-likeness (QED) is 0.779. The molecule has 0 aromatic rings. The molecule has 2 fully saturated rings. The number of nitrogens with zero attached hydrogens (tertiary/aromatic N) is 1. The molecular formula is C14H25NO5. The van der Waals surface area contributed by atoms with Crippen molar-refractivity contribution in [1.29, 1.82) is 0 Å². The summed E-state index contributed by atoms with van der Waals surface area (Å²) in [6.45, 7) is 11.3. The number of hydrogen-bond acceptors (Lipinski definition) is 5. The first kappa shape index (κ1) is 15.5. The number of carbonyl (C=O) groups is 1. The van der Waals surface area contributed by atoms with Gasteiger partial charge in [0, 0.05) is 0 Å². The lowest BCUT2D eigenvalue weighted by Gasteiger charge is -2.34. The van der Waals surface area contributed by atoms with Gasteiger partial charge in [-0.2, -0.15) is 0 Å². The lowest BCUT2D eigenvalue weighted by Crippen LogP contribution is -2.52. The first-order valence-corrected chi connectivity index (χ1v) is 6.95. The summed E-state index contributed by atoms with van der Waals surface area (Å²) in [6.07, 6.45) is -0.636. The maximum absolute atomic E-state index is 12.4.